The zero-order valence-electron chi connectivity index (χ0n) is 16.1. The van der Waals surface area contributed by atoms with Gasteiger partial charge in [0.2, 0.25) is 5.91 Å². The second-order valence-electron chi connectivity index (χ2n) is 6.41. The molecule has 8 heteroatoms. The van der Waals surface area contributed by atoms with Crippen LogP contribution in [-0.4, -0.2) is 33.0 Å². The van der Waals surface area contributed by atoms with Gasteiger partial charge in [0.25, 0.3) is 0 Å². The second kappa shape index (κ2) is 10.7. The van der Waals surface area contributed by atoms with E-state index in [1.54, 1.807) is 17.8 Å². The van der Waals surface area contributed by atoms with E-state index in [9.17, 15) is 4.79 Å². The molecule has 0 radical (unpaired) electrons. The van der Waals surface area contributed by atoms with E-state index >= 15 is 0 Å². The molecule has 29 heavy (non-hydrogen) atoms. The monoisotopic (exact) mass is 448 g/mol. The Labute approximate surface area is 184 Å². The van der Waals surface area contributed by atoms with Crippen molar-refractivity contribution >= 4 is 40.9 Å². The third-order valence-electron chi connectivity index (χ3n) is 4.18. The SMILES string of the molecule is CCCNC(=O)CCCSc1nnc(-c2ccccc2)n1-c1ccc(Cl)c(Cl)c1. The van der Waals surface area contributed by atoms with Gasteiger partial charge >= 0.3 is 0 Å². The van der Waals surface area contributed by atoms with E-state index in [0.29, 0.717) is 16.5 Å². The number of aromatic nitrogens is 3. The van der Waals surface area contributed by atoms with Gasteiger partial charge in [0, 0.05) is 24.3 Å². The summed E-state index contributed by atoms with van der Waals surface area (Å²) in [5.74, 6) is 1.57. The average Bonchev–Trinajstić information content (AvgIpc) is 3.16. The molecule has 0 aliphatic heterocycles. The Morgan fingerprint density at radius 1 is 1.10 bits per heavy atom. The van der Waals surface area contributed by atoms with Crippen LogP contribution < -0.4 is 5.32 Å². The molecule has 5 nitrogen and oxygen atoms in total. The first-order valence-electron chi connectivity index (χ1n) is 9.46. The van der Waals surface area contributed by atoms with Gasteiger partial charge in [0.15, 0.2) is 11.0 Å². The predicted molar refractivity (Wildman–Crippen MR) is 120 cm³/mol. The molecular weight excluding hydrogens is 427 g/mol. The molecule has 0 unspecified atom stereocenters. The lowest BCUT2D eigenvalue weighted by molar-refractivity contribution is -0.121. The van der Waals surface area contributed by atoms with Gasteiger partial charge in [0.05, 0.1) is 15.7 Å². The lowest BCUT2D eigenvalue weighted by Gasteiger charge is -2.11. The van der Waals surface area contributed by atoms with Crippen LogP contribution in [0.1, 0.15) is 26.2 Å². The van der Waals surface area contributed by atoms with Gasteiger partial charge in [-0.15, -0.1) is 10.2 Å². The number of hydrogen-bond donors (Lipinski definition) is 1. The van der Waals surface area contributed by atoms with Crippen LogP contribution in [0.5, 0.6) is 0 Å². The molecule has 0 aliphatic rings. The van der Waals surface area contributed by atoms with Crippen LogP contribution in [-0.2, 0) is 4.79 Å². The summed E-state index contributed by atoms with van der Waals surface area (Å²) >= 11 is 13.9. The van der Waals surface area contributed by atoms with Gasteiger partial charge in [-0.3, -0.25) is 9.36 Å². The van der Waals surface area contributed by atoms with E-state index < -0.39 is 0 Å². The number of hydrogen-bond acceptors (Lipinski definition) is 4. The van der Waals surface area contributed by atoms with Gasteiger partial charge in [-0.05, 0) is 31.0 Å². The molecule has 0 spiro atoms. The molecule has 0 aliphatic carbocycles. The van der Waals surface area contributed by atoms with Crippen LogP contribution in [0.4, 0.5) is 0 Å². The zero-order valence-corrected chi connectivity index (χ0v) is 18.4. The zero-order chi connectivity index (χ0) is 20.6. The van der Waals surface area contributed by atoms with Gasteiger partial charge < -0.3 is 5.32 Å². The number of nitrogens with one attached hydrogen (secondary N) is 1. The number of halogens is 2. The Bertz CT molecular complexity index is 963. The van der Waals surface area contributed by atoms with Crippen molar-refractivity contribution < 1.29 is 4.79 Å². The lowest BCUT2D eigenvalue weighted by atomic mass is 10.2. The molecule has 152 valence electrons. The van der Waals surface area contributed by atoms with Crippen molar-refractivity contribution in [2.75, 3.05) is 12.3 Å². The van der Waals surface area contributed by atoms with Crippen molar-refractivity contribution in [3.63, 3.8) is 0 Å². The van der Waals surface area contributed by atoms with Crippen LogP contribution in [0.15, 0.2) is 53.7 Å². The van der Waals surface area contributed by atoms with E-state index in [1.807, 2.05) is 54.0 Å². The summed E-state index contributed by atoms with van der Waals surface area (Å²) in [6.07, 6.45) is 2.20. The van der Waals surface area contributed by atoms with Crippen molar-refractivity contribution in [3.8, 4) is 17.1 Å². The maximum Gasteiger partial charge on any atom is 0.220 e. The normalized spacial score (nSPS) is 10.9. The molecule has 0 saturated carbocycles. The van der Waals surface area contributed by atoms with E-state index in [-0.39, 0.29) is 5.91 Å². The fraction of sp³-hybridized carbons (Fsp3) is 0.286. The highest BCUT2D eigenvalue weighted by molar-refractivity contribution is 7.99. The molecule has 0 saturated heterocycles. The fourth-order valence-electron chi connectivity index (χ4n) is 2.74. The largest absolute Gasteiger partial charge is 0.356 e. The van der Waals surface area contributed by atoms with Gasteiger partial charge in [-0.25, -0.2) is 0 Å². The Morgan fingerprint density at radius 3 is 2.62 bits per heavy atom. The van der Waals surface area contributed by atoms with E-state index in [1.165, 1.54) is 0 Å². The Hall–Kier alpha value is -2.02. The highest BCUT2D eigenvalue weighted by Crippen LogP contribution is 2.31. The summed E-state index contributed by atoms with van der Waals surface area (Å²) in [6, 6.07) is 15.3. The number of amides is 1. The Kier molecular flexibility index (Phi) is 7.98. The highest BCUT2D eigenvalue weighted by atomic mass is 35.5. The number of nitrogens with zero attached hydrogens (tertiary/aromatic N) is 3. The Balaban J connectivity index is 1.81. The third kappa shape index (κ3) is 5.75. The molecule has 1 heterocycles. The number of benzene rings is 2. The summed E-state index contributed by atoms with van der Waals surface area (Å²) < 4.78 is 1.97. The van der Waals surface area contributed by atoms with E-state index in [0.717, 1.165) is 47.4 Å². The van der Waals surface area contributed by atoms with Crippen LogP contribution in [0, 0.1) is 0 Å². The molecule has 1 amide bonds. The molecule has 0 atom stereocenters. The first kappa shape index (κ1) is 21.7. The Morgan fingerprint density at radius 2 is 1.90 bits per heavy atom. The first-order chi connectivity index (χ1) is 14.1. The van der Waals surface area contributed by atoms with Crippen molar-refractivity contribution in [3.05, 3.63) is 58.6 Å². The second-order valence-corrected chi connectivity index (χ2v) is 8.28. The maximum atomic E-state index is 11.8. The van der Waals surface area contributed by atoms with Crippen LogP contribution in [0.25, 0.3) is 17.1 Å². The summed E-state index contributed by atoms with van der Waals surface area (Å²) in [7, 11) is 0. The van der Waals surface area contributed by atoms with Crippen LogP contribution in [0.3, 0.4) is 0 Å². The number of carbonyl (C=O) groups is 1. The molecular formula is C21H22Cl2N4OS. The molecule has 1 N–H and O–H groups in total. The summed E-state index contributed by atoms with van der Waals surface area (Å²) in [4.78, 5) is 11.8. The average molecular weight is 449 g/mol. The summed E-state index contributed by atoms with van der Waals surface area (Å²) in [6.45, 7) is 2.76. The molecule has 3 aromatic rings. The fourth-order valence-corrected chi connectivity index (χ4v) is 3.93. The third-order valence-corrected chi connectivity index (χ3v) is 5.93. The molecule has 3 rings (SSSR count). The van der Waals surface area contributed by atoms with Gasteiger partial charge in [-0.1, -0.05) is 72.2 Å². The van der Waals surface area contributed by atoms with E-state index in [2.05, 4.69) is 15.5 Å². The highest BCUT2D eigenvalue weighted by Gasteiger charge is 2.17. The van der Waals surface area contributed by atoms with Gasteiger partial charge in [-0.2, -0.15) is 0 Å². The van der Waals surface area contributed by atoms with Crippen molar-refractivity contribution in [1.29, 1.82) is 0 Å². The minimum absolute atomic E-state index is 0.0865. The predicted octanol–water partition coefficient (Wildman–Crippen LogP) is 5.64. The first-order valence-corrected chi connectivity index (χ1v) is 11.2. The molecule has 0 bridgehead atoms. The number of rotatable bonds is 9. The molecule has 1 aromatic heterocycles. The maximum absolute atomic E-state index is 11.8. The van der Waals surface area contributed by atoms with Crippen molar-refractivity contribution in [2.45, 2.75) is 31.3 Å². The topological polar surface area (TPSA) is 59.8 Å². The smallest absolute Gasteiger partial charge is 0.220 e. The van der Waals surface area contributed by atoms with Crippen LogP contribution in [0.2, 0.25) is 10.0 Å². The van der Waals surface area contributed by atoms with E-state index in [4.69, 9.17) is 23.2 Å². The number of thioether (sulfide) groups is 1. The van der Waals surface area contributed by atoms with Crippen molar-refractivity contribution in [2.24, 2.45) is 0 Å². The molecule has 0 fully saturated rings. The minimum atomic E-state index is 0.0865. The lowest BCUT2D eigenvalue weighted by Crippen LogP contribution is -2.23. The van der Waals surface area contributed by atoms with Crippen LogP contribution >= 0.6 is 35.0 Å². The summed E-state index contributed by atoms with van der Waals surface area (Å²) in [5.41, 5.74) is 1.79. The number of carbonyl (C=O) groups excluding carboxylic acids is 1. The standard InChI is InChI=1S/C21H22Cl2N4OS/c1-2-12-24-19(28)9-6-13-29-21-26-25-20(15-7-4-3-5-8-15)27(21)16-10-11-17(22)18(23)14-16/h3-5,7-8,10-11,14H,2,6,9,12-13H2,1H3,(H,24,28). The summed E-state index contributed by atoms with van der Waals surface area (Å²) in [5, 5.41) is 13.4. The minimum Gasteiger partial charge on any atom is -0.356 e. The van der Waals surface area contributed by atoms with Crippen molar-refractivity contribution in [1.82, 2.24) is 20.1 Å². The van der Waals surface area contributed by atoms with Gasteiger partial charge in [0.1, 0.15) is 0 Å². The quantitative estimate of drug-likeness (QED) is 0.339. The molecule has 2 aromatic carbocycles.